The van der Waals surface area contributed by atoms with Gasteiger partial charge in [-0.1, -0.05) is 66.6 Å². The molecule has 0 aliphatic heterocycles. The van der Waals surface area contributed by atoms with Crippen molar-refractivity contribution in [2.45, 2.75) is 51.2 Å². The third-order valence-electron chi connectivity index (χ3n) is 6.73. The summed E-state index contributed by atoms with van der Waals surface area (Å²) in [6.45, 7) is 2.28. The van der Waals surface area contributed by atoms with E-state index in [9.17, 15) is 9.59 Å². The molecule has 5 rings (SSSR count). The van der Waals surface area contributed by atoms with E-state index in [2.05, 4.69) is 15.6 Å². The van der Waals surface area contributed by atoms with Gasteiger partial charge in [-0.15, -0.1) is 5.10 Å². The first-order valence-electron chi connectivity index (χ1n) is 12.8. The molecule has 1 aromatic heterocycles. The van der Waals surface area contributed by atoms with Crippen LogP contribution in [0, 0.1) is 0 Å². The molecule has 1 N–H and O–H groups in total. The van der Waals surface area contributed by atoms with Gasteiger partial charge in [0, 0.05) is 17.3 Å². The van der Waals surface area contributed by atoms with Gasteiger partial charge in [0.25, 0.3) is 0 Å². The minimum absolute atomic E-state index is 0.0700. The monoisotopic (exact) mass is 497 g/mol. The van der Waals surface area contributed by atoms with E-state index in [0.29, 0.717) is 29.1 Å². The highest BCUT2D eigenvalue weighted by Gasteiger charge is 2.36. The van der Waals surface area contributed by atoms with E-state index < -0.39 is 6.04 Å². The maximum absolute atomic E-state index is 14.1. The molecule has 8 heteroatoms. The average molecular weight is 498 g/mol. The van der Waals surface area contributed by atoms with Gasteiger partial charge in [0.15, 0.2) is 0 Å². The summed E-state index contributed by atoms with van der Waals surface area (Å²) in [7, 11) is 0. The first kappa shape index (κ1) is 24.5. The normalized spacial score (nSPS) is 14.4. The highest BCUT2D eigenvalue weighted by Crippen LogP contribution is 2.34. The van der Waals surface area contributed by atoms with Crippen LogP contribution >= 0.6 is 0 Å². The van der Waals surface area contributed by atoms with Crippen molar-refractivity contribution in [3.8, 4) is 5.75 Å². The second-order valence-corrected chi connectivity index (χ2v) is 9.20. The lowest BCUT2D eigenvalue weighted by molar-refractivity contribution is -0.127. The number of aromatic nitrogens is 3. The maximum atomic E-state index is 14.1. The third kappa shape index (κ3) is 5.33. The van der Waals surface area contributed by atoms with Crippen molar-refractivity contribution in [1.29, 1.82) is 0 Å². The van der Waals surface area contributed by atoms with Crippen molar-refractivity contribution in [2.24, 2.45) is 0 Å². The van der Waals surface area contributed by atoms with Gasteiger partial charge in [0.2, 0.25) is 11.8 Å². The van der Waals surface area contributed by atoms with Gasteiger partial charge in [0.05, 0.1) is 12.1 Å². The molecule has 1 aliphatic carbocycles. The van der Waals surface area contributed by atoms with Gasteiger partial charge in [-0.05, 0) is 50.1 Å². The molecule has 37 heavy (non-hydrogen) atoms. The highest BCUT2D eigenvalue weighted by atomic mass is 16.5. The van der Waals surface area contributed by atoms with Gasteiger partial charge in [-0.3, -0.25) is 14.5 Å². The molecular formula is C29H31N5O3. The molecule has 3 aromatic carbocycles. The first-order chi connectivity index (χ1) is 18.2. The quantitative estimate of drug-likeness (QED) is 0.363. The lowest BCUT2D eigenvalue weighted by Gasteiger charge is -2.33. The molecule has 2 amide bonds. The van der Waals surface area contributed by atoms with Crippen molar-refractivity contribution in [2.75, 3.05) is 11.5 Å². The molecule has 0 radical (unpaired) electrons. The van der Waals surface area contributed by atoms with Crippen molar-refractivity contribution < 1.29 is 14.3 Å². The number of hydrogen-bond acceptors (Lipinski definition) is 5. The van der Waals surface area contributed by atoms with E-state index >= 15 is 0 Å². The van der Waals surface area contributed by atoms with Gasteiger partial charge < -0.3 is 10.1 Å². The summed E-state index contributed by atoms with van der Waals surface area (Å²) in [6, 6.07) is 23.4. The smallest absolute Gasteiger partial charge is 0.249 e. The van der Waals surface area contributed by atoms with Crippen LogP contribution in [0.4, 0.5) is 5.69 Å². The van der Waals surface area contributed by atoms with Crippen LogP contribution in [-0.2, 0) is 16.1 Å². The molecule has 1 heterocycles. The predicted molar refractivity (Wildman–Crippen MR) is 142 cm³/mol. The number of benzene rings is 3. The highest BCUT2D eigenvalue weighted by molar-refractivity contribution is 6.02. The van der Waals surface area contributed by atoms with Crippen molar-refractivity contribution in [1.82, 2.24) is 20.3 Å². The van der Waals surface area contributed by atoms with E-state index in [4.69, 9.17) is 4.74 Å². The number of para-hydroxylation sites is 3. The Morgan fingerprint density at radius 3 is 2.49 bits per heavy atom. The number of fused-ring (bicyclic) bond motifs is 1. The Kier molecular flexibility index (Phi) is 7.44. The lowest BCUT2D eigenvalue weighted by atomic mass is 10.0. The summed E-state index contributed by atoms with van der Waals surface area (Å²) in [5.74, 6) is 0.0796. The molecule has 1 fully saturated rings. The van der Waals surface area contributed by atoms with Crippen LogP contribution in [0.15, 0.2) is 78.9 Å². The Morgan fingerprint density at radius 2 is 1.70 bits per heavy atom. The van der Waals surface area contributed by atoms with E-state index in [1.165, 1.54) is 0 Å². The van der Waals surface area contributed by atoms with Gasteiger partial charge in [0.1, 0.15) is 23.9 Å². The number of hydrogen-bond donors (Lipinski definition) is 1. The van der Waals surface area contributed by atoms with Crippen LogP contribution in [0.25, 0.3) is 11.0 Å². The fourth-order valence-electron chi connectivity index (χ4n) is 5.01. The molecule has 0 spiro atoms. The van der Waals surface area contributed by atoms with Crippen molar-refractivity contribution in [3.63, 3.8) is 0 Å². The van der Waals surface area contributed by atoms with Crippen LogP contribution in [0.5, 0.6) is 5.75 Å². The number of nitrogens with zero attached hydrogens (tertiary/aromatic N) is 4. The Balaban J connectivity index is 1.58. The van der Waals surface area contributed by atoms with E-state index in [-0.39, 0.29) is 24.4 Å². The molecule has 1 aliphatic rings. The van der Waals surface area contributed by atoms with Gasteiger partial charge in [-0.25, -0.2) is 4.68 Å². The SMILES string of the molecule is CCOc1ccccc1C(C(=O)NC1CCCC1)N(C(=O)Cn1nnc2ccccc21)c1ccccc1. The Bertz CT molecular complexity index is 1360. The summed E-state index contributed by atoms with van der Waals surface area (Å²) in [5, 5.41) is 11.6. The summed E-state index contributed by atoms with van der Waals surface area (Å²) >= 11 is 0. The van der Waals surface area contributed by atoms with Crippen molar-refractivity contribution in [3.05, 3.63) is 84.4 Å². The van der Waals surface area contributed by atoms with Crippen molar-refractivity contribution >= 4 is 28.5 Å². The first-order valence-corrected chi connectivity index (χ1v) is 12.8. The molecule has 1 saturated carbocycles. The maximum Gasteiger partial charge on any atom is 0.249 e. The lowest BCUT2D eigenvalue weighted by Crippen LogP contribution is -2.47. The van der Waals surface area contributed by atoms with Gasteiger partial charge in [-0.2, -0.15) is 0 Å². The largest absolute Gasteiger partial charge is 0.493 e. The zero-order chi connectivity index (χ0) is 25.6. The Hall–Kier alpha value is -4.20. The third-order valence-corrected chi connectivity index (χ3v) is 6.73. The van der Waals surface area contributed by atoms with Crippen LogP contribution in [0.3, 0.4) is 0 Å². The number of ether oxygens (including phenoxy) is 1. The molecule has 0 saturated heterocycles. The standard InChI is InChI=1S/C29H31N5O3/c1-2-37-26-19-11-8-16-23(26)28(29(36)30-21-12-6-7-13-21)34(22-14-4-3-5-15-22)27(35)20-33-25-18-10-9-17-24(25)31-32-33/h3-5,8-11,14-19,21,28H,2,6-7,12-13,20H2,1H3,(H,30,36). The topological polar surface area (TPSA) is 89.4 Å². The minimum Gasteiger partial charge on any atom is -0.493 e. The van der Waals surface area contributed by atoms with E-state index in [1.807, 2.05) is 85.8 Å². The molecule has 1 unspecified atom stereocenters. The number of anilines is 1. The molecule has 4 aromatic rings. The zero-order valence-electron chi connectivity index (χ0n) is 20.9. The molecule has 1 atom stereocenters. The van der Waals surface area contributed by atoms with Crippen LogP contribution < -0.4 is 15.0 Å². The summed E-state index contributed by atoms with van der Waals surface area (Å²) in [5.41, 5.74) is 2.72. The van der Waals surface area contributed by atoms with Crippen LogP contribution in [0.1, 0.15) is 44.2 Å². The van der Waals surface area contributed by atoms with Crippen LogP contribution in [-0.4, -0.2) is 39.5 Å². The number of carbonyl (C=O) groups is 2. The Labute approximate surface area is 216 Å². The predicted octanol–water partition coefficient (Wildman–Crippen LogP) is 4.66. The number of amides is 2. The number of rotatable bonds is 9. The van der Waals surface area contributed by atoms with E-state index in [0.717, 1.165) is 31.2 Å². The Morgan fingerprint density at radius 1 is 1.00 bits per heavy atom. The number of carbonyl (C=O) groups excluding carboxylic acids is 2. The molecule has 8 nitrogen and oxygen atoms in total. The fourth-order valence-corrected chi connectivity index (χ4v) is 5.01. The molecule has 190 valence electrons. The second kappa shape index (κ2) is 11.2. The summed E-state index contributed by atoms with van der Waals surface area (Å²) in [6.07, 6.45) is 4.06. The van der Waals surface area contributed by atoms with E-state index in [1.54, 1.807) is 9.58 Å². The molecule has 0 bridgehead atoms. The fraction of sp³-hybridized carbons (Fsp3) is 0.310. The summed E-state index contributed by atoms with van der Waals surface area (Å²) < 4.78 is 7.50. The minimum atomic E-state index is -0.923. The average Bonchev–Trinajstić information content (AvgIpc) is 3.58. The molecular weight excluding hydrogens is 466 g/mol. The van der Waals surface area contributed by atoms with Gasteiger partial charge >= 0.3 is 0 Å². The van der Waals surface area contributed by atoms with Crippen LogP contribution in [0.2, 0.25) is 0 Å². The summed E-state index contributed by atoms with van der Waals surface area (Å²) in [4.78, 5) is 29.7. The zero-order valence-corrected chi connectivity index (χ0v) is 20.9. The second-order valence-electron chi connectivity index (χ2n) is 9.20. The number of nitrogens with one attached hydrogen (secondary N) is 1.